The van der Waals surface area contributed by atoms with E-state index in [4.69, 9.17) is 0 Å². The van der Waals surface area contributed by atoms with E-state index in [2.05, 4.69) is 52.3 Å². The first-order valence-electron chi connectivity index (χ1n) is 8.53. The predicted molar refractivity (Wildman–Crippen MR) is 99.5 cm³/mol. The molecular weight excluding hydrogens is 296 g/mol. The summed E-state index contributed by atoms with van der Waals surface area (Å²) in [4.78, 5) is 13.9. The summed E-state index contributed by atoms with van der Waals surface area (Å²) in [6.07, 6.45) is 0. The molecule has 128 valence electrons. The van der Waals surface area contributed by atoms with Crippen LogP contribution in [0.3, 0.4) is 0 Å². The highest BCUT2D eigenvalue weighted by atomic mass is 16.1. The quantitative estimate of drug-likeness (QED) is 0.870. The molecule has 0 aliphatic heterocycles. The molecular formula is C21H29N2O+. The van der Waals surface area contributed by atoms with Crippen LogP contribution < -0.4 is 10.2 Å². The lowest BCUT2D eigenvalue weighted by atomic mass is 9.86. The first-order chi connectivity index (χ1) is 11.3. The summed E-state index contributed by atoms with van der Waals surface area (Å²) in [5.41, 5.74) is 3.17. The van der Waals surface area contributed by atoms with Crippen molar-refractivity contribution in [2.24, 2.45) is 0 Å². The molecule has 0 unspecified atom stereocenters. The van der Waals surface area contributed by atoms with Gasteiger partial charge in [-0.1, -0.05) is 63.2 Å². The number of rotatable bonds is 5. The second kappa shape index (κ2) is 7.63. The third-order valence-corrected chi connectivity index (χ3v) is 4.13. The van der Waals surface area contributed by atoms with Gasteiger partial charge >= 0.3 is 0 Å². The largest absolute Gasteiger partial charge is 0.340 e. The zero-order valence-corrected chi connectivity index (χ0v) is 15.4. The smallest absolute Gasteiger partial charge is 0.251 e. The van der Waals surface area contributed by atoms with E-state index in [1.807, 2.05) is 42.5 Å². The molecule has 0 heterocycles. The van der Waals surface area contributed by atoms with Crippen molar-refractivity contribution in [3.05, 3.63) is 71.3 Å². The lowest BCUT2D eigenvalue weighted by molar-refractivity contribution is -0.860. The summed E-state index contributed by atoms with van der Waals surface area (Å²) in [6, 6.07) is 18.1. The number of hydrogen-bond donors (Lipinski definition) is 2. The van der Waals surface area contributed by atoms with Crippen molar-refractivity contribution in [1.82, 2.24) is 5.32 Å². The van der Waals surface area contributed by atoms with Crippen LogP contribution in [0.4, 0.5) is 0 Å². The molecule has 0 aliphatic carbocycles. The molecule has 3 heteroatoms. The molecule has 0 saturated carbocycles. The summed E-state index contributed by atoms with van der Waals surface area (Å²) < 4.78 is 0. The van der Waals surface area contributed by atoms with Gasteiger partial charge in [-0.25, -0.2) is 0 Å². The van der Waals surface area contributed by atoms with Crippen LogP contribution in [0.15, 0.2) is 54.6 Å². The minimum absolute atomic E-state index is 0.00555. The predicted octanol–water partition coefficient (Wildman–Crippen LogP) is 2.60. The van der Waals surface area contributed by atoms with E-state index in [1.165, 1.54) is 10.5 Å². The number of likely N-dealkylation sites (N-methyl/N-ethyl adjacent to an activating group) is 1. The van der Waals surface area contributed by atoms with Gasteiger partial charge in [0.05, 0.1) is 14.1 Å². The Balaban J connectivity index is 2.15. The topological polar surface area (TPSA) is 33.5 Å². The standard InChI is InChI=1S/C21H28N2O/c1-21(2,3)18-13-11-17(12-14-18)20(24)22-19(15-23(4)5)16-9-7-6-8-10-16/h6-14,19H,15H2,1-5H3,(H,22,24)/p+1/t19-/m0/s1. The van der Waals surface area contributed by atoms with E-state index < -0.39 is 0 Å². The molecule has 0 aromatic heterocycles. The van der Waals surface area contributed by atoms with Crippen LogP contribution in [0.1, 0.15) is 48.3 Å². The molecule has 2 aromatic rings. The van der Waals surface area contributed by atoms with Gasteiger partial charge in [0.25, 0.3) is 5.91 Å². The lowest BCUT2D eigenvalue weighted by Crippen LogP contribution is -3.06. The van der Waals surface area contributed by atoms with E-state index in [1.54, 1.807) is 0 Å². The summed E-state index contributed by atoms with van der Waals surface area (Å²) in [6.45, 7) is 7.37. The van der Waals surface area contributed by atoms with Gasteiger partial charge in [0, 0.05) is 5.56 Å². The number of hydrogen-bond acceptors (Lipinski definition) is 1. The number of benzene rings is 2. The van der Waals surface area contributed by atoms with Gasteiger partial charge in [0.15, 0.2) is 0 Å². The van der Waals surface area contributed by atoms with E-state index in [0.717, 1.165) is 12.1 Å². The second-order valence-corrected chi connectivity index (χ2v) is 7.68. The summed E-state index contributed by atoms with van der Waals surface area (Å²) >= 11 is 0. The van der Waals surface area contributed by atoms with E-state index in [-0.39, 0.29) is 17.4 Å². The van der Waals surface area contributed by atoms with Crippen LogP contribution in [-0.4, -0.2) is 26.5 Å². The van der Waals surface area contributed by atoms with Crippen molar-refractivity contribution in [2.45, 2.75) is 32.2 Å². The van der Waals surface area contributed by atoms with Crippen LogP contribution >= 0.6 is 0 Å². The van der Waals surface area contributed by atoms with Crippen molar-refractivity contribution in [3.8, 4) is 0 Å². The zero-order valence-electron chi connectivity index (χ0n) is 15.4. The Bertz CT molecular complexity index is 654. The summed E-state index contributed by atoms with van der Waals surface area (Å²) in [7, 11) is 4.19. The van der Waals surface area contributed by atoms with Gasteiger partial charge < -0.3 is 10.2 Å². The highest BCUT2D eigenvalue weighted by Crippen LogP contribution is 2.22. The first-order valence-corrected chi connectivity index (χ1v) is 8.53. The van der Waals surface area contributed by atoms with Crippen molar-refractivity contribution >= 4 is 5.91 Å². The Morgan fingerprint density at radius 2 is 1.58 bits per heavy atom. The third kappa shape index (κ3) is 4.93. The average Bonchev–Trinajstić information content (AvgIpc) is 2.54. The second-order valence-electron chi connectivity index (χ2n) is 7.68. The van der Waals surface area contributed by atoms with Crippen LogP contribution in [0, 0.1) is 0 Å². The van der Waals surface area contributed by atoms with Gasteiger partial charge in [-0.15, -0.1) is 0 Å². The zero-order chi connectivity index (χ0) is 17.7. The molecule has 3 nitrogen and oxygen atoms in total. The molecule has 0 bridgehead atoms. The average molecular weight is 325 g/mol. The number of carbonyl (C=O) groups excluding carboxylic acids is 1. The Labute approximate surface area is 145 Å². The van der Waals surface area contributed by atoms with Crippen molar-refractivity contribution < 1.29 is 9.69 Å². The Hall–Kier alpha value is -2.13. The molecule has 2 rings (SSSR count). The highest BCUT2D eigenvalue weighted by Gasteiger charge is 2.19. The van der Waals surface area contributed by atoms with Gasteiger partial charge in [-0.3, -0.25) is 4.79 Å². The minimum atomic E-state index is -0.0226. The Morgan fingerprint density at radius 1 is 1.00 bits per heavy atom. The summed E-state index contributed by atoms with van der Waals surface area (Å²) in [5.74, 6) is -0.0226. The van der Waals surface area contributed by atoms with E-state index >= 15 is 0 Å². The fourth-order valence-corrected chi connectivity index (χ4v) is 2.71. The SMILES string of the molecule is C[NH+](C)C[C@H](NC(=O)c1ccc(C(C)(C)C)cc1)c1ccccc1. The molecule has 0 saturated heterocycles. The maximum atomic E-state index is 12.7. The number of nitrogens with one attached hydrogen (secondary N) is 2. The minimum Gasteiger partial charge on any atom is -0.340 e. The molecule has 1 amide bonds. The number of amides is 1. The van der Waals surface area contributed by atoms with Crippen molar-refractivity contribution in [2.75, 3.05) is 20.6 Å². The molecule has 0 fully saturated rings. The van der Waals surface area contributed by atoms with E-state index in [9.17, 15) is 4.79 Å². The van der Waals surface area contributed by atoms with Gasteiger partial charge in [0.2, 0.25) is 0 Å². The first kappa shape index (κ1) is 18.2. The van der Waals surface area contributed by atoms with Gasteiger partial charge in [-0.2, -0.15) is 0 Å². The lowest BCUT2D eigenvalue weighted by Gasteiger charge is -2.22. The highest BCUT2D eigenvalue weighted by molar-refractivity contribution is 5.94. The van der Waals surface area contributed by atoms with Crippen LogP contribution in [-0.2, 0) is 5.41 Å². The number of quaternary nitrogens is 1. The fraction of sp³-hybridized carbons (Fsp3) is 0.381. The molecule has 1 atom stereocenters. The third-order valence-electron chi connectivity index (χ3n) is 4.13. The number of carbonyl (C=O) groups is 1. The Kier molecular flexibility index (Phi) is 5.79. The van der Waals surface area contributed by atoms with Crippen LogP contribution in [0.2, 0.25) is 0 Å². The van der Waals surface area contributed by atoms with Crippen LogP contribution in [0.25, 0.3) is 0 Å². The summed E-state index contributed by atoms with van der Waals surface area (Å²) in [5, 5.41) is 3.18. The van der Waals surface area contributed by atoms with Gasteiger partial charge in [0.1, 0.15) is 12.6 Å². The van der Waals surface area contributed by atoms with Crippen LogP contribution in [0.5, 0.6) is 0 Å². The maximum Gasteiger partial charge on any atom is 0.251 e. The molecule has 24 heavy (non-hydrogen) atoms. The molecule has 2 N–H and O–H groups in total. The fourth-order valence-electron chi connectivity index (χ4n) is 2.71. The van der Waals surface area contributed by atoms with Crippen molar-refractivity contribution in [3.63, 3.8) is 0 Å². The van der Waals surface area contributed by atoms with Gasteiger partial charge in [-0.05, 0) is 28.7 Å². The Morgan fingerprint density at radius 3 is 2.08 bits per heavy atom. The molecule has 0 radical (unpaired) electrons. The monoisotopic (exact) mass is 325 g/mol. The normalized spacial score (nSPS) is 12.9. The molecule has 2 aromatic carbocycles. The molecule has 0 spiro atoms. The van der Waals surface area contributed by atoms with E-state index in [0.29, 0.717) is 5.56 Å². The van der Waals surface area contributed by atoms with Crippen molar-refractivity contribution in [1.29, 1.82) is 0 Å². The molecule has 0 aliphatic rings. The maximum absolute atomic E-state index is 12.7.